The van der Waals surface area contributed by atoms with Crippen LogP contribution >= 0.6 is 0 Å². The number of hydrogen-bond acceptors (Lipinski definition) is 3. The van der Waals surface area contributed by atoms with Crippen molar-refractivity contribution in [3.05, 3.63) is 0 Å². The zero-order valence-electron chi connectivity index (χ0n) is 11.7. The molecule has 0 radical (unpaired) electrons. The van der Waals surface area contributed by atoms with Crippen molar-refractivity contribution in [1.82, 2.24) is 4.57 Å². The van der Waals surface area contributed by atoms with E-state index in [1.807, 2.05) is 0 Å². The Balaban J connectivity index is 2.09. The highest BCUT2D eigenvalue weighted by atomic mass is 28.3. The van der Waals surface area contributed by atoms with Gasteiger partial charge < -0.3 is 8.85 Å². The van der Waals surface area contributed by atoms with Crippen molar-refractivity contribution in [1.29, 1.82) is 0 Å². The second-order valence-corrected chi connectivity index (χ2v) is 8.02. The van der Waals surface area contributed by atoms with Crippen LogP contribution in [0.1, 0.15) is 39.5 Å². The fourth-order valence-electron chi connectivity index (χ4n) is 3.85. The van der Waals surface area contributed by atoms with Gasteiger partial charge in [-0.05, 0) is 50.0 Å². The Morgan fingerprint density at radius 3 is 2.41 bits per heavy atom. The van der Waals surface area contributed by atoms with Crippen molar-refractivity contribution in [3.63, 3.8) is 0 Å². The lowest BCUT2D eigenvalue weighted by molar-refractivity contribution is 0.0269. The zero-order chi connectivity index (χ0) is 12.4. The predicted molar refractivity (Wildman–Crippen MR) is 71.9 cm³/mol. The third kappa shape index (κ3) is 2.60. The zero-order valence-corrected chi connectivity index (χ0v) is 12.8. The molecule has 0 aromatic carbocycles. The minimum absolute atomic E-state index is 0.728. The Morgan fingerprint density at radius 2 is 1.76 bits per heavy atom. The number of rotatable bonds is 3. The first-order valence-electron chi connectivity index (χ1n) is 7.00. The maximum Gasteiger partial charge on any atom is 0.410 e. The van der Waals surface area contributed by atoms with Crippen molar-refractivity contribution in [2.45, 2.75) is 45.6 Å². The molecule has 100 valence electrons. The summed E-state index contributed by atoms with van der Waals surface area (Å²) in [5.41, 5.74) is 0. The van der Waals surface area contributed by atoms with Gasteiger partial charge in [0.05, 0.1) is 0 Å². The van der Waals surface area contributed by atoms with Crippen molar-refractivity contribution in [2.75, 3.05) is 20.8 Å². The molecule has 0 bridgehead atoms. The van der Waals surface area contributed by atoms with E-state index < -0.39 is 9.45 Å². The smallest absolute Gasteiger partial charge is 0.388 e. The van der Waals surface area contributed by atoms with Gasteiger partial charge in [-0.2, -0.15) is 0 Å². The Hall–Kier alpha value is 0.0969. The Bertz CT molecular complexity index is 248. The molecule has 4 unspecified atom stereocenters. The van der Waals surface area contributed by atoms with Crippen LogP contribution in [0, 0.1) is 17.8 Å². The van der Waals surface area contributed by atoms with Crippen LogP contribution in [-0.4, -0.2) is 40.8 Å². The summed E-state index contributed by atoms with van der Waals surface area (Å²) in [5, 5.41) is 0. The summed E-state index contributed by atoms with van der Waals surface area (Å²) in [6, 6.07) is 0.728. The molecule has 0 spiro atoms. The topological polar surface area (TPSA) is 21.7 Å². The first-order valence-corrected chi connectivity index (χ1v) is 8.46. The summed E-state index contributed by atoms with van der Waals surface area (Å²) in [7, 11) is 2.03. The first kappa shape index (κ1) is 13.5. The molecular formula is C13H27NO2Si. The van der Waals surface area contributed by atoms with Gasteiger partial charge in [0.2, 0.25) is 0 Å². The lowest BCUT2D eigenvalue weighted by Gasteiger charge is -2.50. The van der Waals surface area contributed by atoms with E-state index in [-0.39, 0.29) is 0 Å². The molecule has 0 amide bonds. The third-order valence-electron chi connectivity index (χ3n) is 5.04. The molecule has 1 heterocycles. The third-order valence-corrected chi connectivity index (χ3v) is 7.03. The molecule has 4 atom stereocenters. The highest BCUT2D eigenvalue weighted by Crippen LogP contribution is 2.42. The van der Waals surface area contributed by atoms with E-state index in [1.165, 1.54) is 32.2 Å². The standard InChI is InChI=1S/C13H27NO2Si/c1-10-7-8-13-12(11(10)2)6-5-9-14(13)17(15-3)16-4/h10-13,17H,5-9H2,1-4H3. The van der Waals surface area contributed by atoms with Gasteiger partial charge >= 0.3 is 9.45 Å². The summed E-state index contributed by atoms with van der Waals surface area (Å²) < 4.78 is 13.8. The maximum atomic E-state index is 5.59. The lowest BCUT2D eigenvalue weighted by atomic mass is 9.68. The summed E-state index contributed by atoms with van der Waals surface area (Å²) in [4.78, 5) is 0. The molecule has 0 aromatic heterocycles. The molecule has 17 heavy (non-hydrogen) atoms. The molecule has 0 aromatic rings. The van der Waals surface area contributed by atoms with Crippen LogP contribution in [-0.2, 0) is 8.85 Å². The van der Waals surface area contributed by atoms with E-state index in [4.69, 9.17) is 8.85 Å². The highest BCUT2D eigenvalue weighted by molar-refractivity contribution is 6.41. The van der Waals surface area contributed by atoms with Crippen LogP contribution in [0.15, 0.2) is 0 Å². The molecule has 1 aliphatic carbocycles. The van der Waals surface area contributed by atoms with Gasteiger partial charge in [0.25, 0.3) is 0 Å². The van der Waals surface area contributed by atoms with Gasteiger partial charge in [0.1, 0.15) is 0 Å². The van der Waals surface area contributed by atoms with E-state index in [0.717, 1.165) is 23.8 Å². The quantitative estimate of drug-likeness (QED) is 0.723. The van der Waals surface area contributed by atoms with Crippen LogP contribution in [0.3, 0.4) is 0 Å². The first-order chi connectivity index (χ1) is 8.19. The molecule has 2 rings (SSSR count). The minimum Gasteiger partial charge on any atom is -0.388 e. The number of piperidine rings is 1. The fraction of sp³-hybridized carbons (Fsp3) is 1.00. The molecule has 2 aliphatic rings. The van der Waals surface area contributed by atoms with E-state index in [2.05, 4.69) is 18.4 Å². The summed E-state index contributed by atoms with van der Waals surface area (Å²) in [6.07, 6.45) is 5.43. The molecule has 1 aliphatic heterocycles. The molecule has 3 nitrogen and oxygen atoms in total. The van der Waals surface area contributed by atoms with Gasteiger partial charge in [-0.1, -0.05) is 13.8 Å². The molecule has 1 saturated heterocycles. The van der Waals surface area contributed by atoms with Crippen molar-refractivity contribution in [3.8, 4) is 0 Å². The summed E-state index contributed by atoms with van der Waals surface area (Å²) in [6.45, 7) is 6.05. The predicted octanol–water partition coefficient (Wildman–Crippen LogP) is 2.14. The average Bonchev–Trinajstić information content (AvgIpc) is 2.36. The normalized spacial score (nSPS) is 39.4. The van der Waals surface area contributed by atoms with E-state index >= 15 is 0 Å². The summed E-state index contributed by atoms with van der Waals surface area (Å²) >= 11 is 0. The molecule has 1 saturated carbocycles. The van der Waals surface area contributed by atoms with Crippen LogP contribution in [0.25, 0.3) is 0 Å². The Kier molecular flexibility index (Phi) is 4.63. The number of nitrogens with zero attached hydrogens (tertiary/aromatic N) is 1. The Labute approximate surface area is 107 Å². The van der Waals surface area contributed by atoms with Gasteiger partial charge in [-0.15, -0.1) is 0 Å². The number of hydrogen-bond donors (Lipinski definition) is 0. The summed E-state index contributed by atoms with van der Waals surface area (Å²) in [5.74, 6) is 2.62. The number of fused-ring (bicyclic) bond motifs is 1. The van der Waals surface area contributed by atoms with Gasteiger partial charge in [0, 0.05) is 20.3 Å². The van der Waals surface area contributed by atoms with Gasteiger partial charge in [-0.25, -0.2) is 0 Å². The van der Waals surface area contributed by atoms with Crippen molar-refractivity contribution < 1.29 is 8.85 Å². The average molecular weight is 257 g/mol. The van der Waals surface area contributed by atoms with E-state index in [0.29, 0.717) is 0 Å². The minimum atomic E-state index is -1.58. The van der Waals surface area contributed by atoms with Crippen LogP contribution in [0.4, 0.5) is 0 Å². The van der Waals surface area contributed by atoms with Crippen LogP contribution < -0.4 is 0 Å². The second-order valence-electron chi connectivity index (χ2n) is 5.80. The van der Waals surface area contributed by atoms with Gasteiger partial charge in [0.15, 0.2) is 0 Å². The molecule has 2 fully saturated rings. The lowest BCUT2D eigenvalue weighted by Crippen LogP contribution is -2.57. The highest BCUT2D eigenvalue weighted by Gasteiger charge is 2.43. The maximum absolute atomic E-state index is 5.59. The fourth-order valence-corrected chi connectivity index (χ4v) is 5.66. The van der Waals surface area contributed by atoms with Crippen molar-refractivity contribution in [2.24, 2.45) is 17.8 Å². The van der Waals surface area contributed by atoms with E-state index in [9.17, 15) is 0 Å². The molecule has 0 N–H and O–H groups in total. The van der Waals surface area contributed by atoms with Crippen LogP contribution in [0.5, 0.6) is 0 Å². The van der Waals surface area contributed by atoms with E-state index in [1.54, 1.807) is 14.2 Å². The Morgan fingerprint density at radius 1 is 1.06 bits per heavy atom. The second kappa shape index (κ2) is 5.82. The van der Waals surface area contributed by atoms with Gasteiger partial charge in [-0.3, -0.25) is 4.57 Å². The monoisotopic (exact) mass is 257 g/mol. The van der Waals surface area contributed by atoms with Crippen molar-refractivity contribution >= 4 is 9.45 Å². The molecule has 4 heteroatoms. The SMILES string of the molecule is CO[SiH](OC)N1CCCC2C(C)C(C)CCC21. The largest absolute Gasteiger partial charge is 0.410 e. The van der Waals surface area contributed by atoms with Crippen LogP contribution in [0.2, 0.25) is 0 Å². The molecular weight excluding hydrogens is 230 g/mol.